The molecule has 0 aliphatic heterocycles. The monoisotopic (exact) mass is 270 g/mol. The normalized spacial score (nSPS) is 13.1. The molecule has 2 aromatic rings. The molecule has 0 saturated heterocycles. The first-order chi connectivity index (χ1) is 8.67. The molecule has 18 heavy (non-hydrogen) atoms. The van der Waals surface area contributed by atoms with Gasteiger partial charge in [-0.3, -0.25) is 0 Å². The van der Waals surface area contributed by atoms with Crippen LogP contribution in [-0.2, 0) is 10.6 Å². The average Bonchev–Trinajstić information content (AvgIpc) is 2.73. The van der Waals surface area contributed by atoms with Gasteiger partial charge in [-0.25, -0.2) is 9.37 Å². The van der Waals surface area contributed by atoms with Gasteiger partial charge in [0.2, 0.25) is 0 Å². The van der Waals surface area contributed by atoms with Crippen molar-refractivity contribution in [3.05, 3.63) is 29.8 Å². The zero-order valence-electron chi connectivity index (χ0n) is 10.5. The van der Waals surface area contributed by atoms with Gasteiger partial charge in [0.05, 0.1) is 29.6 Å². The predicted octanol–water partition coefficient (Wildman–Crippen LogP) is 3.51. The van der Waals surface area contributed by atoms with Crippen molar-refractivity contribution in [3.8, 4) is 0 Å². The Kier molecular flexibility index (Phi) is 4.19. The highest BCUT2D eigenvalue weighted by atomic mass is 35.5. The summed E-state index contributed by atoms with van der Waals surface area (Å²) in [6, 6.07) is 4.71. The first kappa shape index (κ1) is 13.3. The van der Waals surface area contributed by atoms with E-state index in [0.29, 0.717) is 24.6 Å². The van der Waals surface area contributed by atoms with E-state index in [2.05, 4.69) is 4.98 Å². The van der Waals surface area contributed by atoms with Gasteiger partial charge in [-0.05, 0) is 26.0 Å². The van der Waals surface area contributed by atoms with Crippen molar-refractivity contribution in [2.75, 3.05) is 13.2 Å². The topological polar surface area (TPSA) is 27.1 Å². The number of fused-ring (bicyclic) bond motifs is 1. The van der Waals surface area contributed by atoms with Crippen molar-refractivity contribution in [2.45, 2.75) is 25.8 Å². The van der Waals surface area contributed by atoms with Gasteiger partial charge in [0.15, 0.2) is 0 Å². The molecule has 98 valence electrons. The smallest absolute Gasteiger partial charge is 0.125 e. The Hall–Kier alpha value is -1.13. The maximum absolute atomic E-state index is 13.2. The van der Waals surface area contributed by atoms with E-state index in [1.54, 1.807) is 6.07 Å². The Morgan fingerprint density at radius 3 is 2.94 bits per heavy atom. The van der Waals surface area contributed by atoms with Gasteiger partial charge in [-0.1, -0.05) is 0 Å². The lowest BCUT2D eigenvalue weighted by Crippen LogP contribution is -2.14. The fourth-order valence-electron chi connectivity index (χ4n) is 2.07. The molecule has 0 N–H and O–H groups in total. The van der Waals surface area contributed by atoms with E-state index in [-0.39, 0.29) is 11.9 Å². The van der Waals surface area contributed by atoms with Gasteiger partial charge in [0, 0.05) is 12.7 Å². The molecule has 0 fully saturated rings. The number of imidazole rings is 1. The molecule has 1 unspecified atom stereocenters. The highest BCUT2D eigenvalue weighted by Crippen LogP contribution is 2.23. The predicted molar refractivity (Wildman–Crippen MR) is 70.5 cm³/mol. The number of hydrogen-bond acceptors (Lipinski definition) is 2. The number of benzene rings is 1. The number of alkyl halides is 1. The minimum absolute atomic E-state index is 0.120. The molecule has 3 nitrogen and oxygen atoms in total. The molecule has 0 spiro atoms. The van der Waals surface area contributed by atoms with Gasteiger partial charge in [-0.15, -0.1) is 11.6 Å². The van der Waals surface area contributed by atoms with Crippen molar-refractivity contribution in [3.63, 3.8) is 0 Å². The summed E-state index contributed by atoms with van der Waals surface area (Å²) in [4.78, 5) is 4.36. The third-order valence-corrected chi connectivity index (χ3v) is 3.09. The maximum atomic E-state index is 13.2. The summed E-state index contributed by atoms with van der Waals surface area (Å²) in [5, 5.41) is 0. The second-order valence-corrected chi connectivity index (χ2v) is 4.44. The number of nitrogens with zero attached hydrogens (tertiary/aromatic N) is 2. The van der Waals surface area contributed by atoms with Crippen LogP contribution in [0.15, 0.2) is 18.2 Å². The minimum Gasteiger partial charge on any atom is -0.380 e. The Balaban J connectivity index is 2.46. The van der Waals surface area contributed by atoms with Crippen LogP contribution in [0.1, 0.15) is 25.7 Å². The highest BCUT2D eigenvalue weighted by molar-refractivity contribution is 6.16. The van der Waals surface area contributed by atoms with Crippen LogP contribution in [0.3, 0.4) is 0 Å². The molecule has 0 radical (unpaired) electrons. The number of halogens is 2. The summed E-state index contributed by atoms with van der Waals surface area (Å²) in [5.74, 6) is 0.752. The lowest BCUT2D eigenvalue weighted by atomic mass is 10.2. The third kappa shape index (κ3) is 2.49. The molecule has 1 aromatic heterocycles. The third-order valence-electron chi connectivity index (χ3n) is 2.85. The Bertz CT molecular complexity index is 541. The van der Waals surface area contributed by atoms with Crippen LogP contribution in [-0.4, -0.2) is 22.8 Å². The number of hydrogen-bond donors (Lipinski definition) is 0. The zero-order valence-corrected chi connectivity index (χ0v) is 11.2. The fraction of sp³-hybridized carbons (Fsp3) is 0.462. The maximum Gasteiger partial charge on any atom is 0.125 e. The van der Waals surface area contributed by atoms with Gasteiger partial charge < -0.3 is 9.30 Å². The van der Waals surface area contributed by atoms with Gasteiger partial charge in [0.25, 0.3) is 0 Å². The zero-order chi connectivity index (χ0) is 13.1. The summed E-state index contributed by atoms with van der Waals surface area (Å²) in [5.41, 5.74) is 1.52. The molecular formula is C13H16ClFN2O. The molecule has 0 saturated carbocycles. The number of rotatable bonds is 5. The highest BCUT2D eigenvalue weighted by Gasteiger charge is 2.15. The fourth-order valence-corrected chi connectivity index (χ4v) is 2.26. The van der Waals surface area contributed by atoms with Crippen molar-refractivity contribution in [1.29, 1.82) is 0 Å². The minimum atomic E-state index is -0.286. The lowest BCUT2D eigenvalue weighted by Gasteiger charge is -2.16. The molecular weight excluding hydrogens is 255 g/mol. The molecule has 0 bridgehead atoms. The summed E-state index contributed by atoms with van der Waals surface area (Å²) >= 11 is 5.90. The summed E-state index contributed by atoms with van der Waals surface area (Å²) in [6.45, 7) is 5.25. The van der Waals surface area contributed by atoms with Gasteiger partial charge >= 0.3 is 0 Å². The Labute approximate surface area is 111 Å². The van der Waals surface area contributed by atoms with Crippen molar-refractivity contribution >= 4 is 22.6 Å². The molecule has 1 atom stereocenters. The first-order valence-electron chi connectivity index (χ1n) is 5.97. The van der Waals surface area contributed by atoms with E-state index >= 15 is 0 Å². The molecule has 1 aromatic carbocycles. The van der Waals surface area contributed by atoms with Crippen LogP contribution in [0.2, 0.25) is 0 Å². The van der Waals surface area contributed by atoms with Crippen molar-refractivity contribution in [1.82, 2.24) is 9.55 Å². The van der Waals surface area contributed by atoms with Gasteiger partial charge in [-0.2, -0.15) is 0 Å². The van der Waals surface area contributed by atoms with Crippen LogP contribution in [0.25, 0.3) is 11.0 Å². The lowest BCUT2D eigenvalue weighted by molar-refractivity contribution is 0.119. The second-order valence-electron chi connectivity index (χ2n) is 4.17. The SMILES string of the molecule is CCOCC(C)n1c(CCl)nc2cc(F)ccc21. The molecule has 0 aliphatic rings. The van der Waals surface area contributed by atoms with Crippen molar-refractivity contribution in [2.24, 2.45) is 0 Å². The summed E-state index contributed by atoms with van der Waals surface area (Å²) < 4.78 is 20.6. The van der Waals surface area contributed by atoms with E-state index in [1.807, 2.05) is 18.4 Å². The second kappa shape index (κ2) is 5.67. The van der Waals surface area contributed by atoms with Crippen molar-refractivity contribution < 1.29 is 9.13 Å². The number of aromatic nitrogens is 2. The van der Waals surface area contributed by atoms with E-state index in [0.717, 1.165) is 11.3 Å². The van der Waals surface area contributed by atoms with Crippen LogP contribution in [0.5, 0.6) is 0 Å². The van der Waals surface area contributed by atoms with Gasteiger partial charge in [0.1, 0.15) is 11.6 Å². The molecule has 0 amide bonds. The van der Waals surface area contributed by atoms with Crippen LogP contribution in [0.4, 0.5) is 4.39 Å². The van der Waals surface area contributed by atoms with E-state index < -0.39 is 0 Å². The van der Waals surface area contributed by atoms with Crippen LogP contribution >= 0.6 is 11.6 Å². The molecule has 0 aliphatic carbocycles. The standard InChI is InChI=1S/C13H16ClFN2O/c1-3-18-8-9(2)17-12-5-4-10(15)6-11(12)16-13(17)7-14/h4-6,9H,3,7-8H2,1-2H3. The van der Waals surface area contributed by atoms with E-state index in [4.69, 9.17) is 16.3 Å². The molecule has 5 heteroatoms. The van der Waals surface area contributed by atoms with Crippen LogP contribution < -0.4 is 0 Å². The molecule has 1 heterocycles. The van der Waals surface area contributed by atoms with Crippen LogP contribution in [0, 0.1) is 5.82 Å². The quantitative estimate of drug-likeness (QED) is 0.778. The summed E-state index contributed by atoms with van der Waals surface area (Å²) in [7, 11) is 0. The van der Waals surface area contributed by atoms with E-state index in [9.17, 15) is 4.39 Å². The Morgan fingerprint density at radius 1 is 1.50 bits per heavy atom. The number of ether oxygens (including phenoxy) is 1. The van der Waals surface area contributed by atoms with E-state index in [1.165, 1.54) is 12.1 Å². The Morgan fingerprint density at radius 2 is 2.28 bits per heavy atom. The summed E-state index contributed by atoms with van der Waals surface area (Å²) in [6.07, 6.45) is 0. The largest absolute Gasteiger partial charge is 0.380 e. The average molecular weight is 271 g/mol. The first-order valence-corrected chi connectivity index (χ1v) is 6.51. The molecule has 2 rings (SSSR count).